The van der Waals surface area contributed by atoms with Gasteiger partial charge in [-0.25, -0.2) is 4.79 Å². The average molecular weight is 292 g/mol. The Bertz CT molecular complexity index is 435. The molecule has 0 aliphatic carbocycles. The number of ether oxygens (including phenoxy) is 2. The number of piperidine rings is 1. The topological polar surface area (TPSA) is 40.0 Å². The highest BCUT2D eigenvalue weighted by Crippen LogP contribution is 2.15. The Kier molecular flexibility index (Phi) is 6.21. The minimum atomic E-state index is -0.204. The first-order valence-electron chi connectivity index (χ1n) is 7.88. The molecular formula is C17H26NO3+. The van der Waals surface area contributed by atoms with Gasteiger partial charge in [0.15, 0.2) is 0 Å². The van der Waals surface area contributed by atoms with Gasteiger partial charge in [-0.3, -0.25) is 0 Å². The maximum absolute atomic E-state index is 12.1. The molecule has 0 saturated carbocycles. The number of nitrogens with one attached hydrogen (secondary N) is 1. The lowest BCUT2D eigenvalue weighted by Crippen LogP contribution is -3.14. The molecule has 21 heavy (non-hydrogen) atoms. The van der Waals surface area contributed by atoms with Gasteiger partial charge < -0.3 is 14.4 Å². The van der Waals surface area contributed by atoms with E-state index in [4.69, 9.17) is 9.47 Å². The number of carbonyl (C=O) groups is 1. The number of carbonyl (C=O) groups excluding carboxylic acids is 1. The Labute approximate surface area is 127 Å². The number of quaternary nitrogens is 1. The van der Waals surface area contributed by atoms with Gasteiger partial charge in [0.25, 0.3) is 0 Å². The quantitative estimate of drug-likeness (QED) is 0.632. The molecule has 0 amide bonds. The van der Waals surface area contributed by atoms with Crippen molar-refractivity contribution < 1.29 is 19.2 Å². The first-order valence-corrected chi connectivity index (χ1v) is 7.88. The van der Waals surface area contributed by atoms with Crippen molar-refractivity contribution in [1.29, 1.82) is 0 Å². The number of hydrogen-bond acceptors (Lipinski definition) is 3. The first kappa shape index (κ1) is 16.0. The zero-order valence-electron chi connectivity index (χ0n) is 13.0. The highest BCUT2D eigenvalue weighted by molar-refractivity contribution is 5.89. The van der Waals surface area contributed by atoms with E-state index in [0.29, 0.717) is 11.5 Å². The smallest absolute Gasteiger partial charge is 0.338 e. The minimum Gasteiger partial charge on any atom is -0.458 e. The Morgan fingerprint density at radius 1 is 1.33 bits per heavy atom. The molecule has 1 aromatic carbocycles. The van der Waals surface area contributed by atoms with E-state index in [1.165, 1.54) is 0 Å². The first-order chi connectivity index (χ1) is 10.2. The van der Waals surface area contributed by atoms with Gasteiger partial charge in [-0.2, -0.15) is 0 Å². The molecule has 1 aliphatic heterocycles. The van der Waals surface area contributed by atoms with Gasteiger partial charge in [0.05, 0.1) is 25.3 Å². The molecular weight excluding hydrogens is 266 g/mol. The van der Waals surface area contributed by atoms with Crippen LogP contribution in [0.25, 0.3) is 0 Å². The zero-order chi connectivity index (χ0) is 15.1. The molecule has 1 unspecified atom stereocenters. The van der Waals surface area contributed by atoms with Crippen LogP contribution in [-0.4, -0.2) is 44.9 Å². The van der Waals surface area contributed by atoms with E-state index in [-0.39, 0.29) is 12.1 Å². The molecule has 1 saturated heterocycles. The monoisotopic (exact) mass is 292 g/mol. The second-order valence-corrected chi connectivity index (χ2v) is 5.73. The highest BCUT2D eigenvalue weighted by atomic mass is 16.5. The van der Waals surface area contributed by atoms with E-state index in [2.05, 4.69) is 6.92 Å². The van der Waals surface area contributed by atoms with Crippen LogP contribution in [0.5, 0.6) is 0 Å². The van der Waals surface area contributed by atoms with E-state index in [1.807, 2.05) is 25.1 Å². The van der Waals surface area contributed by atoms with Crippen molar-refractivity contribution in [3.05, 3.63) is 35.9 Å². The summed E-state index contributed by atoms with van der Waals surface area (Å²) in [6.45, 7) is 8.91. The summed E-state index contributed by atoms with van der Waals surface area (Å²) in [5, 5.41) is 0. The summed E-state index contributed by atoms with van der Waals surface area (Å²) in [5.41, 5.74) is 0.635. The van der Waals surface area contributed by atoms with Crippen molar-refractivity contribution in [2.24, 2.45) is 5.92 Å². The van der Waals surface area contributed by atoms with Crippen LogP contribution in [0.15, 0.2) is 30.3 Å². The third-order valence-electron chi connectivity index (χ3n) is 4.10. The lowest BCUT2D eigenvalue weighted by Gasteiger charge is -2.33. The fraction of sp³-hybridized carbons (Fsp3) is 0.588. The van der Waals surface area contributed by atoms with Crippen LogP contribution in [0, 0.1) is 5.92 Å². The molecule has 1 heterocycles. The SMILES string of the molecule is CCOCC[NH+]1CC[C@@H](OC(=O)c2ccccc2)[C@H](C)C1. The summed E-state index contributed by atoms with van der Waals surface area (Å²) in [6.07, 6.45) is 0.967. The molecule has 116 valence electrons. The van der Waals surface area contributed by atoms with Crippen molar-refractivity contribution in [3.8, 4) is 0 Å². The molecule has 1 aromatic rings. The molecule has 3 atom stereocenters. The van der Waals surface area contributed by atoms with Crippen LogP contribution in [0.3, 0.4) is 0 Å². The van der Waals surface area contributed by atoms with Crippen LogP contribution >= 0.6 is 0 Å². The molecule has 0 spiro atoms. The number of likely N-dealkylation sites (tertiary alicyclic amines) is 1. The normalized spacial score (nSPS) is 25.5. The van der Waals surface area contributed by atoms with Crippen LogP contribution in [0.1, 0.15) is 30.6 Å². The summed E-state index contributed by atoms with van der Waals surface area (Å²) in [5.74, 6) is 0.188. The minimum absolute atomic E-state index is 0.0357. The summed E-state index contributed by atoms with van der Waals surface area (Å²) in [6, 6.07) is 9.23. The summed E-state index contributed by atoms with van der Waals surface area (Å²) in [7, 11) is 0. The number of benzene rings is 1. The van der Waals surface area contributed by atoms with Gasteiger partial charge in [0.2, 0.25) is 0 Å². The third kappa shape index (κ3) is 4.83. The highest BCUT2D eigenvalue weighted by Gasteiger charge is 2.31. The molecule has 2 rings (SSSR count). The van der Waals surface area contributed by atoms with Crippen LogP contribution in [-0.2, 0) is 9.47 Å². The zero-order valence-corrected chi connectivity index (χ0v) is 13.0. The van der Waals surface area contributed by atoms with Gasteiger partial charge in [0.1, 0.15) is 12.6 Å². The lowest BCUT2D eigenvalue weighted by atomic mass is 9.96. The lowest BCUT2D eigenvalue weighted by molar-refractivity contribution is -0.910. The summed E-state index contributed by atoms with van der Waals surface area (Å²) < 4.78 is 11.1. The largest absolute Gasteiger partial charge is 0.458 e. The predicted octanol–water partition coefficient (Wildman–Crippen LogP) is 1.17. The third-order valence-corrected chi connectivity index (χ3v) is 4.10. The molecule has 0 bridgehead atoms. The van der Waals surface area contributed by atoms with Crippen LogP contribution < -0.4 is 4.90 Å². The van der Waals surface area contributed by atoms with E-state index < -0.39 is 0 Å². The van der Waals surface area contributed by atoms with Crippen molar-refractivity contribution in [2.75, 3.05) is 32.8 Å². The number of esters is 1. The molecule has 4 nitrogen and oxygen atoms in total. The molecule has 0 aromatic heterocycles. The Hall–Kier alpha value is -1.39. The fourth-order valence-electron chi connectivity index (χ4n) is 2.86. The molecule has 1 N–H and O–H groups in total. The predicted molar refractivity (Wildman–Crippen MR) is 81.5 cm³/mol. The number of hydrogen-bond donors (Lipinski definition) is 1. The van der Waals surface area contributed by atoms with E-state index in [0.717, 1.165) is 39.3 Å². The van der Waals surface area contributed by atoms with Crippen molar-refractivity contribution in [3.63, 3.8) is 0 Å². The molecule has 0 radical (unpaired) electrons. The van der Waals surface area contributed by atoms with Crippen molar-refractivity contribution in [1.82, 2.24) is 0 Å². The van der Waals surface area contributed by atoms with Gasteiger partial charge in [-0.15, -0.1) is 0 Å². The summed E-state index contributed by atoms with van der Waals surface area (Å²) >= 11 is 0. The van der Waals surface area contributed by atoms with Gasteiger partial charge in [0, 0.05) is 18.9 Å². The average Bonchev–Trinajstić information content (AvgIpc) is 2.51. The standard InChI is InChI=1S/C17H25NO3/c1-3-20-12-11-18-10-9-16(14(2)13-18)21-17(19)15-7-5-4-6-8-15/h4-8,14,16H,3,9-13H2,1-2H3/p+1/t14-,16-/m1/s1. The second-order valence-electron chi connectivity index (χ2n) is 5.73. The van der Waals surface area contributed by atoms with Gasteiger partial charge in [-0.1, -0.05) is 25.1 Å². The van der Waals surface area contributed by atoms with E-state index in [9.17, 15) is 4.79 Å². The van der Waals surface area contributed by atoms with Gasteiger partial charge in [-0.05, 0) is 19.1 Å². The van der Waals surface area contributed by atoms with Crippen molar-refractivity contribution >= 4 is 5.97 Å². The Balaban J connectivity index is 1.79. The van der Waals surface area contributed by atoms with E-state index in [1.54, 1.807) is 17.0 Å². The molecule has 1 aliphatic rings. The summed E-state index contributed by atoms with van der Waals surface area (Å²) in [4.78, 5) is 13.6. The Morgan fingerprint density at radius 2 is 2.10 bits per heavy atom. The van der Waals surface area contributed by atoms with Crippen molar-refractivity contribution in [2.45, 2.75) is 26.4 Å². The maximum atomic E-state index is 12.1. The second kappa shape index (κ2) is 8.15. The fourth-order valence-corrected chi connectivity index (χ4v) is 2.86. The molecule has 1 fully saturated rings. The molecule has 4 heteroatoms. The van der Waals surface area contributed by atoms with Crippen LogP contribution in [0.4, 0.5) is 0 Å². The van der Waals surface area contributed by atoms with E-state index >= 15 is 0 Å². The Morgan fingerprint density at radius 3 is 2.76 bits per heavy atom. The van der Waals surface area contributed by atoms with Gasteiger partial charge >= 0.3 is 5.97 Å². The van der Waals surface area contributed by atoms with Crippen LogP contribution in [0.2, 0.25) is 0 Å². The maximum Gasteiger partial charge on any atom is 0.338 e. The number of rotatable bonds is 6.